The predicted molar refractivity (Wildman–Crippen MR) is 52.8 cm³/mol. The Morgan fingerprint density at radius 1 is 1.69 bits per heavy atom. The molecule has 0 aliphatic carbocycles. The highest BCUT2D eigenvalue weighted by Gasteiger charge is 2.14. The highest BCUT2D eigenvalue weighted by molar-refractivity contribution is 7.17. The SMILES string of the molecule is Cn1c(C(=O)O)cc2scc(Cl)c21. The fourth-order valence-corrected chi connectivity index (χ4v) is 2.62. The van der Waals surface area contributed by atoms with Gasteiger partial charge in [0, 0.05) is 12.4 Å². The summed E-state index contributed by atoms with van der Waals surface area (Å²) in [5.74, 6) is -0.929. The fourth-order valence-electron chi connectivity index (χ4n) is 1.32. The summed E-state index contributed by atoms with van der Waals surface area (Å²) in [6, 6.07) is 1.63. The van der Waals surface area contributed by atoms with Gasteiger partial charge in [-0.25, -0.2) is 4.79 Å². The molecule has 2 rings (SSSR count). The van der Waals surface area contributed by atoms with Gasteiger partial charge in [0.1, 0.15) is 5.69 Å². The Labute approximate surface area is 83.2 Å². The molecule has 0 atom stereocenters. The summed E-state index contributed by atoms with van der Waals surface area (Å²) in [7, 11) is 1.70. The monoisotopic (exact) mass is 215 g/mol. The number of aromatic nitrogens is 1. The maximum absolute atomic E-state index is 10.7. The molecule has 0 aromatic carbocycles. The topological polar surface area (TPSA) is 42.2 Å². The molecule has 1 N–H and O–H groups in total. The van der Waals surface area contributed by atoms with E-state index in [4.69, 9.17) is 16.7 Å². The Morgan fingerprint density at radius 2 is 2.38 bits per heavy atom. The van der Waals surface area contributed by atoms with Gasteiger partial charge in [-0.05, 0) is 6.07 Å². The van der Waals surface area contributed by atoms with Crippen molar-refractivity contribution < 1.29 is 9.90 Å². The Bertz CT molecular complexity index is 486. The summed E-state index contributed by atoms with van der Waals surface area (Å²) < 4.78 is 2.50. The van der Waals surface area contributed by atoms with E-state index >= 15 is 0 Å². The largest absolute Gasteiger partial charge is 0.477 e. The van der Waals surface area contributed by atoms with Crippen molar-refractivity contribution >= 4 is 39.1 Å². The number of carbonyl (C=O) groups is 1. The molecular formula is C8H6ClNO2S. The maximum Gasteiger partial charge on any atom is 0.352 e. The summed E-state index contributed by atoms with van der Waals surface area (Å²) >= 11 is 7.34. The van der Waals surface area contributed by atoms with E-state index in [1.54, 1.807) is 23.1 Å². The van der Waals surface area contributed by atoms with Gasteiger partial charge in [0.05, 0.1) is 15.2 Å². The highest BCUT2D eigenvalue weighted by atomic mass is 35.5. The third-order valence-electron chi connectivity index (χ3n) is 1.93. The second kappa shape index (κ2) is 2.75. The second-order valence-electron chi connectivity index (χ2n) is 2.69. The summed E-state index contributed by atoms with van der Waals surface area (Å²) in [5, 5.41) is 11.2. The molecule has 2 aromatic rings. The minimum absolute atomic E-state index is 0.267. The molecule has 3 nitrogen and oxygen atoms in total. The molecule has 0 fully saturated rings. The molecule has 0 saturated heterocycles. The molecule has 0 spiro atoms. The molecule has 0 aliphatic rings. The first kappa shape index (κ1) is 8.59. The van der Waals surface area contributed by atoms with E-state index in [9.17, 15) is 4.79 Å². The normalized spacial score (nSPS) is 10.9. The summed E-state index contributed by atoms with van der Waals surface area (Å²) in [4.78, 5) is 10.7. The highest BCUT2D eigenvalue weighted by Crippen LogP contribution is 2.31. The molecule has 2 heterocycles. The van der Waals surface area contributed by atoms with Gasteiger partial charge in [-0.3, -0.25) is 0 Å². The Kier molecular flexibility index (Phi) is 1.82. The number of hydrogen-bond acceptors (Lipinski definition) is 2. The summed E-state index contributed by atoms with van der Waals surface area (Å²) in [6.07, 6.45) is 0. The van der Waals surface area contributed by atoms with E-state index in [-0.39, 0.29) is 5.69 Å². The van der Waals surface area contributed by atoms with Gasteiger partial charge in [-0.1, -0.05) is 11.6 Å². The number of thiophene rings is 1. The molecule has 68 valence electrons. The standard InChI is InChI=1S/C8H6ClNO2S/c1-10-5(8(11)12)2-6-7(10)4(9)3-13-6/h2-3H,1H3,(H,11,12). The zero-order chi connectivity index (χ0) is 9.59. The number of fused-ring (bicyclic) bond motifs is 1. The Balaban J connectivity index is 2.82. The van der Waals surface area contributed by atoms with Crippen LogP contribution in [-0.2, 0) is 7.05 Å². The van der Waals surface area contributed by atoms with Gasteiger partial charge >= 0.3 is 5.97 Å². The first-order valence-electron chi connectivity index (χ1n) is 3.57. The van der Waals surface area contributed by atoms with Gasteiger partial charge in [-0.2, -0.15) is 0 Å². The van der Waals surface area contributed by atoms with E-state index in [2.05, 4.69) is 0 Å². The van der Waals surface area contributed by atoms with E-state index in [1.165, 1.54) is 11.3 Å². The van der Waals surface area contributed by atoms with Crippen LogP contribution in [0.5, 0.6) is 0 Å². The number of halogens is 1. The van der Waals surface area contributed by atoms with Crippen LogP contribution in [0.4, 0.5) is 0 Å². The molecule has 0 amide bonds. The zero-order valence-electron chi connectivity index (χ0n) is 6.74. The van der Waals surface area contributed by atoms with Gasteiger partial charge < -0.3 is 9.67 Å². The third kappa shape index (κ3) is 1.14. The maximum atomic E-state index is 10.7. The van der Waals surface area contributed by atoms with Crippen LogP contribution >= 0.6 is 22.9 Å². The van der Waals surface area contributed by atoms with Crippen molar-refractivity contribution in [3.63, 3.8) is 0 Å². The average Bonchev–Trinajstić information content (AvgIpc) is 2.55. The molecular weight excluding hydrogens is 210 g/mol. The van der Waals surface area contributed by atoms with E-state index in [0.717, 1.165) is 10.2 Å². The molecule has 13 heavy (non-hydrogen) atoms. The number of carboxylic acid groups (broad SMARTS) is 1. The number of nitrogens with zero attached hydrogens (tertiary/aromatic N) is 1. The lowest BCUT2D eigenvalue weighted by molar-refractivity contribution is 0.0687. The molecule has 0 bridgehead atoms. The predicted octanol–water partition coefficient (Wildman–Crippen LogP) is 2.59. The van der Waals surface area contributed by atoms with Crippen LogP contribution in [0.15, 0.2) is 11.4 Å². The first-order valence-corrected chi connectivity index (χ1v) is 4.82. The van der Waals surface area contributed by atoms with Crippen LogP contribution in [0, 0.1) is 0 Å². The zero-order valence-corrected chi connectivity index (χ0v) is 8.32. The quantitative estimate of drug-likeness (QED) is 0.795. The number of hydrogen-bond donors (Lipinski definition) is 1. The second-order valence-corrected chi connectivity index (χ2v) is 4.01. The van der Waals surface area contributed by atoms with Crippen LogP contribution in [-0.4, -0.2) is 15.6 Å². The molecule has 5 heteroatoms. The first-order chi connectivity index (χ1) is 6.11. The van der Waals surface area contributed by atoms with Crippen molar-refractivity contribution in [2.24, 2.45) is 7.05 Å². The lowest BCUT2D eigenvalue weighted by atomic mass is 10.4. The van der Waals surface area contributed by atoms with Crippen molar-refractivity contribution in [1.29, 1.82) is 0 Å². The molecule has 0 unspecified atom stereocenters. The van der Waals surface area contributed by atoms with Gasteiger partial charge in [0.25, 0.3) is 0 Å². The summed E-state index contributed by atoms with van der Waals surface area (Å²) in [5.41, 5.74) is 1.06. The Morgan fingerprint density at radius 3 is 2.92 bits per heavy atom. The van der Waals surface area contributed by atoms with Gasteiger partial charge in [-0.15, -0.1) is 11.3 Å². The average molecular weight is 216 g/mol. The van der Waals surface area contributed by atoms with Crippen molar-refractivity contribution in [1.82, 2.24) is 4.57 Å². The molecule has 0 saturated carbocycles. The van der Waals surface area contributed by atoms with Crippen LogP contribution in [0.25, 0.3) is 10.2 Å². The third-order valence-corrected chi connectivity index (χ3v) is 3.27. The van der Waals surface area contributed by atoms with Crippen molar-refractivity contribution in [2.45, 2.75) is 0 Å². The van der Waals surface area contributed by atoms with Crippen molar-refractivity contribution in [2.75, 3.05) is 0 Å². The van der Waals surface area contributed by atoms with E-state index in [1.807, 2.05) is 0 Å². The molecule has 0 radical (unpaired) electrons. The smallest absolute Gasteiger partial charge is 0.352 e. The number of aryl methyl sites for hydroxylation is 1. The van der Waals surface area contributed by atoms with Crippen LogP contribution in [0.2, 0.25) is 5.02 Å². The van der Waals surface area contributed by atoms with Crippen molar-refractivity contribution in [3.05, 3.63) is 22.2 Å². The van der Waals surface area contributed by atoms with Crippen LogP contribution in [0.3, 0.4) is 0 Å². The minimum atomic E-state index is -0.929. The van der Waals surface area contributed by atoms with E-state index in [0.29, 0.717) is 5.02 Å². The summed E-state index contributed by atoms with van der Waals surface area (Å²) in [6.45, 7) is 0. The van der Waals surface area contributed by atoms with Gasteiger partial charge in [0.15, 0.2) is 0 Å². The number of carboxylic acids is 1. The van der Waals surface area contributed by atoms with Crippen molar-refractivity contribution in [3.8, 4) is 0 Å². The lowest BCUT2D eigenvalue weighted by Crippen LogP contribution is -2.03. The lowest BCUT2D eigenvalue weighted by Gasteiger charge is -1.97. The number of rotatable bonds is 1. The Hall–Kier alpha value is -1.00. The number of aromatic carboxylic acids is 1. The van der Waals surface area contributed by atoms with E-state index < -0.39 is 5.97 Å². The molecule has 2 aromatic heterocycles. The van der Waals surface area contributed by atoms with Crippen LogP contribution < -0.4 is 0 Å². The fraction of sp³-hybridized carbons (Fsp3) is 0.125. The molecule has 0 aliphatic heterocycles. The van der Waals surface area contributed by atoms with Gasteiger partial charge in [0.2, 0.25) is 0 Å². The van der Waals surface area contributed by atoms with Crippen LogP contribution in [0.1, 0.15) is 10.5 Å². The minimum Gasteiger partial charge on any atom is -0.477 e.